The topological polar surface area (TPSA) is 35.9 Å². The van der Waals surface area contributed by atoms with Crippen LogP contribution in [0.15, 0.2) is 182 Å². The number of para-hydroxylation sites is 3. The minimum Gasteiger partial charge on any atom is -0.507 e. The smallest absolute Gasteiger partial charge is 0.128 e. The Labute approximate surface area is 294 Å². The quantitative estimate of drug-likeness (QED) is 0.149. The lowest BCUT2D eigenvalue weighted by atomic mass is 9.90. The van der Waals surface area contributed by atoms with E-state index in [9.17, 15) is 5.11 Å². The zero-order valence-electron chi connectivity index (χ0n) is 28.4. The highest BCUT2D eigenvalue weighted by Crippen LogP contribution is 2.44. The number of hydrogen-bond acceptors (Lipinski definition) is 4. The molecule has 1 heterocycles. The summed E-state index contributed by atoms with van der Waals surface area (Å²) in [6.07, 6.45) is 12.5. The zero-order chi connectivity index (χ0) is 34.3. The summed E-state index contributed by atoms with van der Waals surface area (Å²) in [4.78, 5) is 4.45. The van der Waals surface area contributed by atoms with Crippen LogP contribution < -0.4 is 14.5 Å². The Balaban J connectivity index is 1.25. The van der Waals surface area contributed by atoms with Crippen LogP contribution in [-0.2, 0) is 0 Å². The second-order valence-electron chi connectivity index (χ2n) is 12.2. The maximum absolute atomic E-state index is 11.5. The third kappa shape index (κ3) is 6.69. The van der Waals surface area contributed by atoms with Gasteiger partial charge in [-0.1, -0.05) is 103 Å². The Morgan fingerprint density at radius 2 is 1.34 bits per heavy atom. The third-order valence-corrected chi connectivity index (χ3v) is 9.02. The number of hydrogen-bond donors (Lipinski definition) is 1. The number of rotatable bonds is 10. The van der Waals surface area contributed by atoms with E-state index < -0.39 is 0 Å². The van der Waals surface area contributed by atoms with Crippen molar-refractivity contribution in [2.75, 3.05) is 23.0 Å². The first-order valence-corrected chi connectivity index (χ1v) is 17.0. The van der Waals surface area contributed by atoms with Crippen LogP contribution in [0.2, 0.25) is 0 Å². The molecule has 0 fully saturated rings. The summed E-state index contributed by atoms with van der Waals surface area (Å²) in [5.74, 6) is 1.08. The maximum atomic E-state index is 11.5. The molecule has 4 nitrogen and oxygen atoms in total. The van der Waals surface area contributed by atoms with Gasteiger partial charge >= 0.3 is 0 Å². The van der Waals surface area contributed by atoms with Gasteiger partial charge in [-0.05, 0) is 103 Å². The van der Waals surface area contributed by atoms with Gasteiger partial charge in [-0.3, -0.25) is 0 Å². The van der Waals surface area contributed by atoms with Crippen LogP contribution in [0.4, 0.5) is 22.7 Å². The molecule has 0 unspecified atom stereocenters. The maximum Gasteiger partial charge on any atom is 0.128 e. The summed E-state index contributed by atoms with van der Waals surface area (Å²) in [5, 5.41) is 13.6. The van der Waals surface area contributed by atoms with Crippen LogP contribution >= 0.6 is 0 Å². The second kappa shape index (κ2) is 14.9. The number of aromatic hydroxyl groups is 1. The van der Waals surface area contributed by atoms with Gasteiger partial charge in [0, 0.05) is 52.0 Å². The van der Waals surface area contributed by atoms with Gasteiger partial charge in [-0.15, -0.1) is 0 Å². The van der Waals surface area contributed by atoms with Crippen molar-refractivity contribution in [2.24, 2.45) is 0 Å². The van der Waals surface area contributed by atoms with Gasteiger partial charge in [0.25, 0.3) is 0 Å². The molecule has 0 saturated heterocycles. The van der Waals surface area contributed by atoms with Crippen LogP contribution in [0.5, 0.6) is 11.5 Å². The molecule has 0 aliphatic carbocycles. The number of nitrogens with zero attached hydrogens (tertiary/aromatic N) is 2. The highest BCUT2D eigenvalue weighted by atomic mass is 16.5. The van der Waals surface area contributed by atoms with Gasteiger partial charge in [0.05, 0.1) is 0 Å². The van der Waals surface area contributed by atoms with E-state index in [-0.39, 0.29) is 5.75 Å². The first kappa shape index (κ1) is 32.3. The fraction of sp³-hybridized carbons (Fsp3) is 0.0870. The molecular weight excluding hydrogens is 613 g/mol. The fourth-order valence-corrected chi connectivity index (χ4v) is 6.61. The first-order chi connectivity index (χ1) is 24.6. The largest absolute Gasteiger partial charge is 0.507 e. The van der Waals surface area contributed by atoms with Gasteiger partial charge in [-0.2, -0.15) is 0 Å². The lowest BCUT2D eigenvalue weighted by molar-refractivity contribution is 0.370. The van der Waals surface area contributed by atoms with Crippen LogP contribution in [-0.4, -0.2) is 18.3 Å². The second-order valence-corrected chi connectivity index (χ2v) is 12.2. The van der Waals surface area contributed by atoms with E-state index >= 15 is 0 Å². The van der Waals surface area contributed by atoms with Crippen molar-refractivity contribution in [1.82, 2.24) is 0 Å². The standard InChI is InChI=1S/C46H40N2O2/c1-3-4-5-15-31-47(36-17-9-6-10-18-36)39-27-28-42(44(49)32-39)41-29-30-45-46-40(23-16-24-43(41)46)35(33-50-45)26-25-34(2)48(37-19-11-7-12-20-37)38-21-13-8-14-22-38/h3-30,32,49H,31,33H2,1-2H3/b4-3-,15-5-,34-25+,35-26+. The molecular formula is C46H40N2O2. The predicted molar refractivity (Wildman–Crippen MR) is 211 cm³/mol. The van der Waals surface area contributed by atoms with Crippen LogP contribution in [0, 0.1) is 0 Å². The van der Waals surface area contributed by atoms with Crippen molar-refractivity contribution in [2.45, 2.75) is 13.8 Å². The number of anilines is 4. The Bertz CT molecular complexity index is 2180. The summed E-state index contributed by atoms with van der Waals surface area (Å²) >= 11 is 0. The summed E-state index contributed by atoms with van der Waals surface area (Å²) in [6.45, 7) is 5.29. The van der Waals surface area contributed by atoms with Gasteiger partial charge in [0.1, 0.15) is 18.1 Å². The molecule has 6 aromatic rings. The molecule has 6 aromatic carbocycles. The minimum absolute atomic E-state index is 0.231. The molecule has 1 aliphatic heterocycles. The summed E-state index contributed by atoms with van der Waals surface area (Å²) in [7, 11) is 0. The van der Waals surface area contributed by atoms with E-state index in [1.165, 1.54) is 0 Å². The van der Waals surface area contributed by atoms with Crippen LogP contribution in [0.25, 0.3) is 27.5 Å². The van der Waals surface area contributed by atoms with Gasteiger partial charge in [0.15, 0.2) is 0 Å². The lowest BCUT2D eigenvalue weighted by Gasteiger charge is -2.26. The molecule has 0 amide bonds. The number of phenols is 1. The van der Waals surface area contributed by atoms with Crippen molar-refractivity contribution in [3.63, 3.8) is 0 Å². The van der Waals surface area contributed by atoms with E-state index in [0.717, 1.165) is 67.2 Å². The normalized spacial score (nSPS) is 13.6. The number of phenolic OH excluding ortho intramolecular Hbond substituents is 1. The van der Waals surface area contributed by atoms with Gasteiger partial charge in [-0.25, -0.2) is 0 Å². The zero-order valence-corrected chi connectivity index (χ0v) is 28.4. The van der Waals surface area contributed by atoms with Gasteiger partial charge < -0.3 is 19.6 Å². The number of allylic oxidation sites excluding steroid dienone is 6. The average Bonchev–Trinajstić information content (AvgIpc) is 3.16. The van der Waals surface area contributed by atoms with Crippen LogP contribution in [0.3, 0.4) is 0 Å². The Morgan fingerprint density at radius 1 is 0.680 bits per heavy atom. The SMILES string of the molecule is C/C=C\C=C/CN(c1ccccc1)c1ccc(-c2ccc3c4c(cccc24)/C(=C/C=C(\C)N(c2ccccc2)c2ccccc2)CO3)c(O)c1. The van der Waals surface area contributed by atoms with Crippen molar-refractivity contribution in [3.05, 3.63) is 187 Å². The Hall–Kier alpha value is -6.26. The van der Waals surface area contributed by atoms with Crippen molar-refractivity contribution in [3.8, 4) is 22.6 Å². The Kier molecular flexibility index (Phi) is 9.61. The van der Waals surface area contributed by atoms with E-state index in [1.54, 1.807) is 0 Å². The molecule has 1 aliphatic rings. The van der Waals surface area contributed by atoms with Crippen molar-refractivity contribution >= 4 is 39.1 Å². The molecule has 0 bridgehead atoms. The summed E-state index contributed by atoms with van der Waals surface area (Å²) < 4.78 is 6.35. The van der Waals surface area contributed by atoms with E-state index in [2.05, 4.69) is 126 Å². The van der Waals surface area contributed by atoms with E-state index in [1.807, 2.05) is 73.7 Å². The summed E-state index contributed by atoms with van der Waals surface area (Å²) in [5.41, 5.74) is 9.26. The lowest BCUT2D eigenvalue weighted by Crippen LogP contribution is -2.16. The molecule has 0 saturated carbocycles. The molecule has 4 heteroatoms. The van der Waals surface area contributed by atoms with Crippen molar-refractivity contribution < 1.29 is 9.84 Å². The molecule has 7 rings (SSSR count). The number of ether oxygens (including phenoxy) is 1. The average molecular weight is 653 g/mol. The first-order valence-electron chi connectivity index (χ1n) is 17.0. The van der Waals surface area contributed by atoms with Crippen LogP contribution in [0.1, 0.15) is 19.4 Å². The fourth-order valence-electron chi connectivity index (χ4n) is 6.61. The minimum atomic E-state index is 0.231. The van der Waals surface area contributed by atoms with E-state index in [0.29, 0.717) is 13.2 Å². The highest BCUT2D eigenvalue weighted by molar-refractivity contribution is 6.07. The number of benzene rings is 6. The van der Waals surface area contributed by atoms with Crippen molar-refractivity contribution in [1.29, 1.82) is 0 Å². The summed E-state index contributed by atoms with van der Waals surface area (Å²) in [6, 6.07) is 47.5. The van der Waals surface area contributed by atoms with Gasteiger partial charge in [0.2, 0.25) is 0 Å². The molecule has 246 valence electrons. The predicted octanol–water partition coefficient (Wildman–Crippen LogP) is 12.0. The third-order valence-electron chi connectivity index (χ3n) is 9.02. The Morgan fingerprint density at radius 3 is 2.00 bits per heavy atom. The highest BCUT2D eigenvalue weighted by Gasteiger charge is 2.21. The monoisotopic (exact) mass is 652 g/mol. The molecule has 0 atom stereocenters. The van der Waals surface area contributed by atoms with E-state index in [4.69, 9.17) is 4.74 Å². The molecule has 0 spiro atoms. The molecule has 0 radical (unpaired) electrons. The molecule has 0 aromatic heterocycles. The molecule has 1 N–H and O–H groups in total. The molecule has 50 heavy (non-hydrogen) atoms.